The highest BCUT2D eigenvalue weighted by atomic mass is 32.2. The van der Waals surface area contributed by atoms with Gasteiger partial charge < -0.3 is 14.8 Å². The Kier molecular flexibility index (Phi) is 4.42. The fourth-order valence-electron chi connectivity index (χ4n) is 2.82. The molecule has 0 unspecified atom stereocenters. The van der Waals surface area contributed by atoms with E-state index < -0.39 is 0 Å². The second-order valence-corrected chi connectivity index (χ2v) is 7.21. The van der Waals surface area contributed by atoms with Gasteiger partial charge in [0.25, 0.3) is 5.91 Å². The first kappa shape index (κ1) is 16.7. The van der Waals surface area contributed by atoms with E-state index in [1.54, 1.807) is 0 Å². The summed E-state index contributed by atoms with van der Waals surface area (Å²) in [6, 6.07) is 11.7. The van der Waals surface area contributed by atoms with Crippen LogP contribution in [0.15, 0.2) is 46.3 Å². The second kappa shape index (κ2) is 6.88. The van der Waals surface area contributed by atoms with Gasteiger partial charge in [0.15, 0.2) is 16.7 Å². The van der Waals surface area contributed by atoms with Crippen LogP contribution < -0.4 is 14.8 Å². The van der Waals surface area contributed by atoms with E-state index in [2.05, 4.69) is 16.4 Å². The monoisotopic (exact) mass is 366 g/mol. The van der Waals surface area contributed by atoms with Crippen LogP contribution in [0.1, 0.15) is 16.7 Å². The van der Waals surface area contributed by atoms with Crippen molar-refractivity contribution in [2.75, 3.05) is 13.2 Å². The molecule has 2 aromatic carbocycles. The quantitative estimate of drug-likeness (QED) is 0.817. The van der Waals surface area contributed by atoms with Gasteiger partial charge in [0.05, 0.1) is 10.6 Å². The Morgan fingerprint density at radius 2 is 1.88 bits per heavy atom. The summed E-state index contributed by atoms with van der Waals surface area (Å²) in [5.74, 6) is 1.30. The number of nitrogens with one attached hydrogen (secondary N) is 1. The number of carbonyl (C=O) groups is 1. The third-order valence-electron chi connectivity index (χ3n) is 4.09. The molecule has 4 rings (SSSR count). The summed E-state index contributed by atoms with van der Waals surface area (Å²) in [6.45, 7) is 5.16. The van der Waals surface area contributed by atoms with Crippen molar-refractivity contribution >= 4 is 34.6 Å². The van der Waals surface area contributed by atoms with Gasteiger partial charge in [-0.15, -0.1) is 0 Å². The van der Waals surface area contributed by atoms with Crippen molar-refractivity contribution in [3.05, 3.63) is 58.0 Å². The Morgan fingerprint density at radius 3 is 2.69 bits per heavy atom. The predicted octanol–water partition coefficient (Wildman–Crippen LogP) is 3.97. The molecule has 1 N–H and O–H groups in total. The number of thioether (sulfide) groups is 1. The van der Waals surface area contributed by atoms with Crippen LogP contribution in [-0.2, 0) is 4.79 Å². The van der Waals surface area contributed by atoms with E-state index in [0.29, 0.717) is 29.0 Å². The van der Waals surface area contributed by atoms with E-state index in [0.717, 1.165) is 22.6 Å². The van der Waals surface area contributed by atoms with Crippen molar-refractivity contribution in [3.8, 4) is 11.5 Å². The molecule has 132 valence electrons. The van der Waals surface area contributed by atoms with Crippen LogP contribution in [0.4, 0.5) is 5.69 Å². The molecule has 5 nitrogen and oxygen atoms in total. The summed E-state index contributed by atoms with van der Waals surface area (Å²) in [5, 5.41) is 3.42. The summed E-state index contributed by atoms with van der Waals surface area (Å²) < 4.78 is 11.1. The summed E-state index contributed by atoms with van der Waals surface area (Å²) in [7, 11) is 0. The molecule has 0 aromatic heterocycles. The lowest BCUT2D eigenvalue weighted by atomic mass is 10.1. The van der Waals surface area contributed by atoms with Crippen LogP contribution in [0.3, 0.4) is 0 Å². The zero-order chi connectivity index (χ0) is 18.1. The van der Waals surface area contributed by atoms with Crippen molar-refractivity contribution in [3.63, 3.8) is 0 Å². The summed E-state index contributed by atoms with van der Waals surface area (Å²) in [4.78, 5) is 17.4. The predicted molar refractivity (Wildman–Crippen MR) is 104 cm³/mol. The number of amides is 1. The first-order chi connectivity index (χ1) is 12.6. The highest BCUT2D eigenvalue weighted by Gasteiger charge is 2.24. The standard InChI is InChI=1S/C20H18N2O3S/c1-12-3-5-15(13(2)9-12)21-20-22-19(23)18(26-20)11-14-4-6-16-17(10-14)25-8-7-24-16/h3-6,9-11H,7-8H2,1-2H3,(H,21,22,23). The van der Waals surface area contributed by atoms with E-state index in [9.17, 15) is 4.79 Å². The van der Waals surface area contributed by atoms with Gasteiger partial charge in [-0.05, 0) is 61.0 Å². The van der Waals surface area contributed by atoms with Crippen LogP contribution in [-0.4, -0.2) is 24.3 Å². The number of ether oxygens (including phenoxy) is 2. The average Bonchev–Trinajstić information content (AvgIpc) is 2.96. The Hall–Kier alpha value is -2.73. The number of benzene rings is 2. The first-order valence-electron chi connectivity index (χ1n) is 8.35. The van der Waals surface area contributed by atoms with Gasteiger partial charge in [0, 0.05) is 0 Å². The molecule has 2 aliphatic rings. The van der Waals surface area contributed by atoms with Crippen LogP contribution in [0, 0.1) is 13.8 Å². The Bertz CT molecular complexity index is 950. The maximum absolute atomic E-state index is 12.3. The molecule has 26 heavy (non-hydrogen) atoms. The number of hydrogen-bond acceptors (Lipinski definition) is 5. The number of aryl methyl sites for hydroxylation is 2. The number of aliphatic imine (C=N–C) groups is 1. The van der Waals surface area contributed by atoms with Gasteiger partial charge in [0.1, 0.15) is 13.2 Å². The Morgan fingerprint density at radius 1 is 1.08 bits per heavy atom. The van der Waals surface area contributed by atoms with Gasteiger partial charge in [-0.3, -0.25) is 4.79 Å². The number of rotatable bonds is 2. The van der Waals surface area contributed by atoms with Gasteiger partial charge in [-0.2, -0.15) is 0 Å². The molecule has 0 radical (unpaired) electrons. The van der Waals surface area contributed by atoms with E-state index in [4.69, 9.17) is 9.47 Å². The van der Waals surface area contributed by atoms with E-state index in [1.807, 2.05) is 50.3 Å². The van der Waals surface area contributed by atoms with Gasteiger partial charge in [-0.1, -0.05) is 23.8 Å². The van der Waals surface area contributed by atoms with Crippen molar-refractivity contribution in [2.24, 2.45) is 4.99 Å². The molecular formula is C20H18N2O3S. The lowest BCUT2D eigenvalue weighted by Gasteiger charge is -2.18. The topological polar surface area (TPSA) is 59.9 Å². The van der Waals surface area contributed by atoms with Crippen molar-refractivity contribution in [1.29, 1.82) is 0 Å². The number of carbonyl (C=O) groups excluding carboxylic acids is 1. The molecule has 0 atom stereocenters. The second-order valence-electron chi connectivity index (χ2n) is 6.17. The molecule has 0 spiro atoms. The first-order valence-corrected chi connectivity index (χ1v) is 9.17. The van der Waals surface area contributed by atoms with E-state index in [-0.39, 0.29) is 5.91 Å². The number of hydrogen-bond donors (Lipinski definition) is 1. The summed E-state index contributed by atoms with van der Waals surface area (Å²) >= 11 is 1.34. The lowest BCUT2D eigenvalue weighted by molar-refractivity contribution is -0.115. The van der Waals surface area contributed by atoms with Crippen molar-refractivity contribution in [2.45, 2.75) is 13.8 Å². The molecule has 2 heterocycles. The van der Waals surface area contributed by atoms with Crippen LogP contribution in [0.2, 0.25) is 0 Å². The van der Waals surface area contributed by atoms with Crippen LogP contribution in [0.5, 0.6) is 11.5 Å². The highest BCUT2D eigenvalue weighted by molar-refractivity contribution is 8.18. The maximum atomic E-state index is 12.3. The normalized spacial score (nSPS) is 19.1. The minimum Gasteiger partial charge on any atom is -0.486 e. The highest BCUT2D eigenvalue weighted by Crippen LogP contribution is 2.34. The lowest BCUT2D eigenvalue weighted by Crippen LogP contribution is -2.19. The van der Waals surface area contributed by atoms with E-state index >= 15 is 0 Å². The van der Waals surface area contributed by atoms with Crippen LogP contribution in [0.25, 0.3) is 6.08 Å². The largest absolute Gasteiger partial charge is 0.486 e. The van der Waals surface area contributed by atoms with Crippen molar-refractivity contribution < 1.29 is 14.3 Å². The zero-order valence-corrected chi connectivity index (χ0v) is 15.4. The van der Waals surface area contributed by atoms with Gasteiger partial charge in [-0.25, -0.2) is 4.99 Å². The van der Waals surface area contributed by atoms with Crippen LogP contribution >= 0.6 is 11.8 Å². The molecule has 1 amide bonds. The SMILES string of the molecule is Cc1ccc(N=C2NC(=O)C(=Cc3ccc4c(c3)OCCO4)S2)c(C)c1. The molecule has 2 aliphatic heterocycles. The molecule has 2 aromatic rings. The number of fused-ring (bicyclic) bond motifs is 1. The molecule has 0 aliphatic carbocycles. The zero-order valence-electron chi connectivity index (χ0n) is 14.5. The molecular weight excluding hydrogens is 348 g/mol. The molecule has 1 fully saturated rings. The smallest absolute Gasteiger partial charge is 0.264 e. The minimum absolute atomic E-state index is 0.145. The minimum atomic E-state index is -0.145. The summed E-state index contributed by atoms with van der Waals surface area (Å²) in [5.41, 5.74) is 4.02. The third kappa shape index (κ3) is 3.46. The molecule has 6 heteroatoms. The third-order valence-corrected chi connectivity index (χ3v) is 5.00. The fraction of sp³-hybridized carbons (Fsp3) is 0.200. The molecule has 1 saturated heterocycles. The molecule has 0 bridgehead atoms. The Balaban J connectivity index is 1.58. The fourth-order valence-corrected chi connectivity index (χ4v) is 3.66. The van der Waals surface area contributed by atoms with Gasteiger partial charge in [0.2, 0.25) is 0 Å². The Labute approximate surface area is 156 Å². The number of nitrogens with zero attached hydrogens (tertiary/aromatic N) is 1. The average molecular weight is 366 g/mol. The number of amidine groups is 1. The van der Waals surface area contributed by atoms with Gasteiger partial charge >= 0.3 is 0 Å². The summed E-state index contributed by atoms with van der Waals surface area (Å²) in [6.07, 6.45) is 1.84. The van der Waals surface area contributed by atoms with E-state index in [1.165, 1.54) is 17.3 Å². The maximum Gasteiger partial charge on any atom is 0.264 e. The van der Waals surface area contributed by atoms with Crippen molar-refractivity contribution in [1.82, 2.24) is 5.32 Å². The molecule has 0 saturated carbocycles.